The van der Waals surface area contributed by atoms with Crippen LogP contribution in [0.1, 0.15) is 18.6 Å². The van der Waals surface area contributed by atoms with Crippen LogP contribution in [0, 0.1) is 11.6 Å². The van der Waals surface area contributed by atoms with E-state index in [9.17, 15) is 13.9 Å². The second-order valence-corrected chi connectivity index (χ2v) is 4.20. The van der Waals surface area contributed by atoms with Gasteiger partial charge in [0, 0.05) is 0 Å². The van der Waals surface area contributed by atoms with E-state index in [1.54, 1.807) is 18.2 Å². The van der Waals surface area contributed by atoms with Crippen molar-refractivity contribution in [3.8, 4) is 17.2 Å². The lowest BCUT2D eigenvalue weighted by molar-refractivity contribution is 0.190. The van der Waals surface area contributed by atoms with E-state index in [1.807, 2.05) is 0 Å². The van der Waals surface area contributed by atoms with Crippen LogP contribution in [0.25, 0.3) is 0 Å². The average Bonchev–Trinajstić information content (AvgIpc) is 2.43. The van der Waals surface area contributed by atoms with Crippen molar-refractivity contribution >= 4 is 0 Å². The third kappa shape index (κ3) is 2.72. The molecule has 2 rings (SSSR count). The van der Waals surface area contributed by atoms with Gasteiger partial charge in [0.05, 0.1) is 18.8 Å². The first kappa shape index (κ1) is 14.3. The minimum absolute atomic E-state index is 0.212. The molecule has 20 heavy (non-hydrogen) atoms. The van der Waals surface area contributed by atoms with E-state index in [2.05, 4.69) is 0 Å². The fourth-order valence-electron chi connectivity index (χ4n) is 1.88. The zero-order valence-electron chi connectivity index (χ0n) is 11.1. The number of hydrogen-bond acceptors (Lipinski definition) is 3. The second kappa shape index (κ2) is 5.88. The molecule has 2 aromatic carbocycles. The second-order valence-electron chi connectivity index (χ2n) is 4.20. The van der Waals surface area contributed by atoms with Gasteiger partial charge < -0.3 is 14.6 Å². The van der Waals surface area contributed by atoms with E-state index in [-0.39, 0.29) is 11.5 Å². The minimum atomic E-state index is -1.08. The molecule has 0 saturated carbocycles. The number of aliphatic hydroxyl groups is 1. The number of halogens is 2. The van der Waals surface area contributed by atoms with Crippen LogP contribution in [0.5, 0.6) is 17.2 Å². The molecule has 0 aliphatic carbocycles. The van der Waals surface area contributed by atoms with Crippen LogP contribution in [0.15, 0.2) is 36.4 Å². The number of rotatable bonds is 4. The summed E-state index contributed by atoms with van der Waals surface area (Å²) < 4.78 is 37.3. The molecule has 1 atom stereocenters. The molecule has 3 nitrogen and oxygen atoms in total. The maximum absolute atomic E-state index is 13.6. The summed E-state index contributed by atoms with van der Waals surface area (Å²) in [5, 5.41) is 9.79. The molecule has 0 heterocycles. The highest BCUT2D eigenvalue weighted by atomic mass is 19.2. The van der Waals surface area contributed by atoms with Crippen molar-refractivity contribution in [3.05, 3.63) is 53.6 Å². The van der Waals surface area contributed by atoms with Crippen molar-refractivity contribution in [3.63, 3.8) is 0 Å². The number of ether oxygens (including phenoxy) is 2. The van der Waals surface area contributed by atoms with Crippen molar-refractivity contribution in [2.45, 2.75) is 13.0 Å². The van der Waals surface area contributed by atoms with Crippen molar-refractivity contribution in [1.82, 2.24) is 0 Å². The van der Waals surface area contributed by atoms with Gasteiger partial charge in [0.15, 0.2) is 11.6 Å². The zero-order valence-corrected chi connectivity index (χ0v) is 11.1. The molecule has 0 radical (unpaired) electrons. The van der Waals surface area contributed by atoms with Gasteiger partial charge >= 0.3 is 0 Å². The van der Waals surface area contributed by atoms with Gasteiger partial charge in [-0.3, -0.25) is 0 Å². The first-order chi connectivity index (χ1) is 9.54. The quantitative estimate of drug-likeness (QED) is 0.925. The van der Waals surface area contributed by atoms with Crippen molar-refractivity contribution in [2.75, 3.05) is 7.11 Å². The van der Waals surface area contributed by atoms with Crippen LogP contribution in [0.4, 0.5) is 8.78 Å². The minimum Gasteiger partial charge on any atom is -0.496 e. The normalized spacial score (nSPS) is 12.1. The Morgan fingerprint density at radius 2 is 1.60 bits per heavy atom. The standard InChI is InChI=1S/C15H14F2O3/c1-9(18)14-11(19-2)6-4-7-12(14)20-13-8-3-5-10(16)15(13)17/h3-9,18H,1-2H3/t9-/m1/s1. The maximum atomic E-state index is 13.6. The Morgan fingerprint density at radius 3 is 2.25 bits per heavy atom. The summed E-state index contributed by atoms with van der Waals surface area (Å²) in [6.45, 7) is 1.53. The van der Waals surface area contributed by atoms with Crippen LogP contribution in [0.2, 0.25) is 0 Å². The van der Waals surface area contributed by atoms with Crippen LogP contribution in [-0.2, 0) is 0 Å². The average molecular weight is 280 g/mol. The van der Waals surface area contributed by atoms with Gasteiger partial charge in [0.2, 0.25) is 5.82 Å². The molecular formula is C15H14F2O3. The molecule has 0 unspecified atom stereocenters. The molecule has 0 bridgehead atoms. The van der Waals surface area contributed by atoms with Gasteiger partial charge in [-0.1, -0.05) is 12.1 Å². The van der Waals surface area contributed by atoms with Crippen LogP contribution < -0.4 is 9.47 Å². The molecule has 0 saturated heterocycles. The Kier molecular flexibility index (Phi) is 4.20. The molecule has 2 aromatic rings. The Morgan fingerprint density at radius 1 is 1.00 bits per heavy atom. The molecule has 0 spiro atoms. The molecular weight excluding hydrogens is 266 g/mol. The summed E-state index contributed by atoms with van der Waals surface area (Å²) in [7, 11) is 1.45. The highest BCUT2D eigenvalue weighted by Crippen LogP contribution is 2.37. The first-order valence-electron chi connectivity index (χ1n) is 6.01. The third-order valence-corrected chi connectivity index (χ3v) is 2.80. The van der Waals surface area contributed by atoms with Crippen molar-refractivity contribution < 1.29 is 23.4 Å². The number of methoxy groups -OCH3 is 1. The SMILES string of the molecule is COc1cccc(Oc2cccc(F)c2F)c1[C@@H](C)O. The Balaban J connectivity index is 2.46. The van der Waals surface area contributed by atoms with E-state index in [0.29, 0.717) is 11.3 Å². The molecule has 0 fully saturated rings. The first-order valence-corrected chi connectivity index (χ1v) is 6.01. The molecule has 0 aliphatic heterocycles. The predicted octanol–water partition coefficient (Wildman–Crippen LogP) is 3.82. The van der Waals surface area contributed by atoms with Gasteiger partial charge in [-0.15, -0.1) is 0 Å². The smallest absolute Gasteiger partial charge is 0.201 e. The fraction of sp³-hybridized carbons (Fsp3) is 0.200. The Labute approximate surface area is 115 Å². The van der Waals surface area contributed by atoms with E-state index < -0.39 is 17.7 Å². The van der Waals surface area contributed by atoms with Gasteiger partial charge in [-0.05, 0) is 31.2 Å². The predicted molar refractivity (Wildman–Crippen MR) is 70.1 cm³/mol. The number of benzene rings is 2. The van der Waals surface area contributed by atoms with E-state index in [4.69, 9.17) is 9.47 Å². The van der Waals surface area contributed by atoms with Gasteiger partial charge in [-0.2, -0.15) is 4.39 Å². The lowest BCUT2D eigenvalue weighted by atomic mass is 10.1. The monoisotopic (exact) mass is 280 g/mol. The van der Waals surface area contributed by atoms with Crippen LogP contribution in [0.3, 0.4) is 0 Å². The molecule has 5 heteroatoms. The van der Waals surface area contributed by atoms with Gasteiger partial charge in [0.25, 0.3) is 0 Å². The molecule has 0 aromatic heterocycles. The Hall–Kier alpha value is -2.14. The summed E-state index contributed by atoms with van der Waals surface area (Å²) in [6, 6.07) is 8.49. The summed E-state index contributed by atoms with van der Waals surface area (Å²) in [5.41, 5.74) is 0.374. The summed E-state index contributed by atoms with van der Waals surface area (Å²) in [5.74, 6) is -1.70. The van der Waals surface area contributed by atoms with Crippen molar-refractivity contribution in [2.24, 2.45) is 0 Å². The molecule has 1 N–H and O–H groups in total. The largest absolute Gasteiger partial charge is 0.496 e. The van der Waals surface area contributed by atoms with Crippen LogP contribution in [-0.4, -0.2) is 12.2 Å². The zero-order chi connectivity index (χ0) is 14.7. The highest BCUT2D eigenvalue weighted by Gasteiger charge is 2.18. The fourth-order valence-corrected chi connectivity index (χ4v) is 1.88. The topological polar surface area (TPSA) is 38.7 Å². The summed E-state index contributed by atoms with van der Waals surface area (Å²) >= 11 is 0. The van der Waals surface area contributed by atoms with Gasteiger partial charge in [0.1, 0.15) is 11.5 Å². The summed E-state index contributed by atoms with van der Waals surface area (Å²) in [6.07, 6.45) is -0.877. The number of hydrogen-bond donors (Lipinski definition) is 1. The Bertz CT molecular complexity index is 612. The van der Waals surface area contributed by atoms with E-state index in [0.717, 1.165) is 6.07 Å². The maximum Gasteiger partial charge on any atom is 0.201 e. The molecule has 106 valence electrons. The number of aliphatic hydroxyl groups excluding tert-OH is 1. The summed E-state index contributed by atoms with van der Waals surface area (Å²) in [4.78, 5) is 0. The van der Waals surface area contributed by atoms with E-state index in [1.165, 1.54) is 26.2 Å². The van der Waals surface area contributed by atoms with Crippen LogP contribution >= 0.6 is 0 Å². The lowest BCUT2D eigenvalue weighted by Crippen LogP contribution is -2.01. The third-order valence-electron chi connectivity index (χ3n) is 2.80. The van der Waals surface area contributed by atoms with E-state index >= 15 is 0 Å². The van der Waals surface area contributed by atoms with Crippen molar-refractivity contribution in [1.29, 1.82) is 0 Å². The highest BCUT2D eigenvalue weighted by molar-refractivity contribution is 5.48. The van der Waals surface area contributed by atoms with Gasteiger partial charge in [-0.25, -0.2) is 4.39 Å². The lowest BCUT2D eigenvalue weighted by Gasteiger charge is -2.16. The molecule has 0 aliphatic rings. The molecule has 0 amide bonds.